The van der Waals surface area contributed by atoms with Crippen molar-refractivity contribution in [3.63, 3.8) is 0 Å². The van der Waals surface area contributed by atoms with E-state index in [1.165, 1.54) is 36.4 Å². The predicted molar refractivity (Wildman–Crippen MR) is 217 cm³/mol. The van der Waals surface area contributed by atoms with Crippen LogP contribution in [-0.2, 0) is 30.6 Å². The number of thiazole rings is 1. The normalized spacial score (nSPS) is 22.4. The number of carbonyl (C=O) groups excluding carboxylic acids is 3. The molecule has 3 heterocycles. The number of alkyl halides is 3. The lowest BCUT2D eigenvalue weighted by atomic mass is 9.85. The first-order chi connectivity index (χ1) is 27.7. The van der Waals surface area contributed by atoms with Crippen molar-refractivity contribution in [1.29, 1.82) is 0 Å². The van der Waals surface area contributed by atoms with Gasteiger partial charge >= 0.3 is 6.18 Å². The number of ether oxygens (including phenoxy) is 2. The number of hydrogen-bond donors (Lipinski definition) is 3. The molecule has 3 N–H and O–H groups in total. The Kier molecular flexibility index (Phi) is 11.1. The first-order valence-electron chi connectivity index (χ1n) is 18.7. The lowest BCUT2D eigenvalue weighted by Gasteiger charge is -2.35. The highest BCUT2D eigenvalue weighted by Crippen LogP contribution is 2.46. The van der Waals surface area contributed by atoms with Gasteiger partial charge in [-0.2, -0.15) is 13.2 Å². The second-order valence-corrected chi connectivity index (χ2v) is 19.3. The maximum atomic E-state index is 14.8. The van der Waals surface area contributed by atoms with Crippen LogP contribution in [-0.4, -0.2) is 83.6 Å². The Balaban J connectivity index is 1.18. The van der Waals surface area contributed by atoms with Gasteiger partial charge in [0.15, 0.2) is 5.13 Å². The molecule has 0 radical (unpaired) electrons. The minimum Gasteiger partial charge on any atom is -0.494 e. The topological polar surface area (TPSA) is 169 Å². The Morgan fingerprint density at radius 2 is 1.81 bits per heavy atom. The van der Waals surface area contributed by atoms with Crippen molar-refractivity contribution in [2.24, 2.45) is 11.3 Å². The SMILES string of the molecule is C=C[C@@H]1C[C@]1(NC(=O)[C@@H]1C[C@@H](Oc2ncc(OC)c3ccc(Cl)cc23)CN1C(=O)[C@@H](Nc1nc(-c2ccc(C(F)(F)F)cc2)cs1)C(C)(C)C)C(=O)NS(=O)(=O)C1CC1. The zero-order valence-electron chi connectivity index (χ0n) is 32.4. The number of halogens is 4. The molecule has 0 unspecified atom stereocenters. The number of anilines is 1. The molecule has 2 aromatic heterocycles. The van der Waals surface area contributed by atoms with Crippen LogP contribution in [0.25, 0.3) is 22.0 Å². The van der Waals surface area contributed by atoms with E-state index in [1.54, 1.807) is 23.6 Å². The van der Waals surface area contributed by atoms with Crippen molar-refractivity contribution in [3.8, 4) is 22.9 Å². The molecule has 19 heteroatoms. The van der Waals surface area contributed by atoms with Gasteiger partial charge in [-0.25, -0.2) is 18.4 Å². The fourth-order valence-corrected chi connectivity index (χ4v) is 9.50. The minimum absolute atomic E-state index is 0.0314. The summed E-state index contributed by atoms with van der Waals surface area (Å²) < 4.78 is 79.2. The van der Waals surface area contributed by atoms with E-state index in [4.69, 9.17) is 21.1 Å². The monoisotopic (exact) mass is 874 g/mol. The summed E-state index contributed by atoms with van der Waals surface area (Å²) in [7, 11) is -2.44. The molecule has 2 saturated carbocycles. The van der Waals surface area contributed by atoms with Crippen molar-refractivity contribution in [3.05, 3.63) is 77.3 Å². The quantitative estimate of drug-likeness (QED) is 0.125. The highest BCUT2D eigenvalue weighted by atomic mass is 35.5. The van der Waals surface area contributed by atoms with E-state index in [-0.39, 0.29) is 25.3 Å². The number of fused-ring (bicyclic) bond motifs is 1. The summed E-state index contributed by atoms with van der Waals surface area (Å²) in [6.45, 7) is 9.15. The van der Waals surface area contributed by atoms with Gasteiger partial charge in [-0.05, 0) is 55.0 Å². The fourth-order valence-electron chi connectivity index (χ4n) is 7.21. The summed E-state index contributed by atoms with van der Waals surface area (Å²) >= 11 is 7.51. The van der Waals surface area contributed by atoms with Crippen LogP contribution in [0.15, 0.2) is 66.7 Å². The van der Waals surface area contributed by atoms with Crippen molar-refractivity contribution < 1.29 is 45.4 Å². The van der Waals surface area contributed by atoms with Gasteiger partial charge in [-0.1, -0.05) is 50.6 Å². The smallest absolute Gasteiger partial charge is 0.416 e. The zero-order valence-corrected chi connectivity index (χ0v) is 34.8. The molecule has 2 aromatic carbocycles. The molecule has 1 aliphatic heterocycles. The highest BCUT2D eigenvalue weighted by molar-refractivity contribution is 7.91. The van der Waals surface area contributed by atoms with Gasteiger partial charge in [-0.15, -0.1) is 17.9 Å². The van der Waals surface area contributed by atoms with Crippen LogP contribution >= 0.6 is 22.9 Å². The van der Waals surface area contributed by atoms with E-state index in [1.807, 2.05) is 20.8 Å². The molecule has 3 aliphatic rings. The summed E-state index contributed by atoms with van der Waals surface area (Å²) in [5.41, 5.74) is -2.35. The summed E-state index contributed by atoms with van der Waals surface area (Å²) in [6.07, 6.45) is -1.39. The van der Waals surface area contributed by atoms with Crippen molar-refractivity contribution in [2.75, 3.05) is 19.0 Å². The van der Waals surface area contributed by atoms with Gasteiger partial charge < -0.3 is 25.0 Å². The summed E-state index contributed by atoms with van der Waals surface area (Å²) in [4.78, 5) is 53.2. The van der Waals surface area contributed by atoms with Crippen LogP contribution in [0.5, 0.6) is 11.6 Å². The number of pyridine rings is 1. The molecule has 0 spiro atoms. The number of sulfonamides is 1. The number of methoxy groups -OCH3 is 1. The fraction of sp³-hybridized carbons (Fsp3) is 0.425. The molecule has 13 nitrogen and oxygen atoms in total. The van der Waals surface area contributed by atoms with E-state index in [9.17, 15) is 36.0 Å². The molecule has 2 aliphatic carbocycles. The molecule has 5 atom stereocenters. The number of carbonyl (C=O) groups is 3. The third-order valence-electron chi connectivity index (χ3n) is 10.8. The number of aromatic nitrogens is 2. The van der Waals surface area contributed by atoms with E-state index in [2.05, 4.69) is 31.9 Å². The minimum atomic E-state index is -4.50. The Hall–Kier alpha value is -4.94. The summed E-state index contributed by atoms with van der Waals surface area (Å²) in [6, 6.07) is 7.51. The number of benzene rings is 2. The van der Waals surface area contributed by atoms with E-state index < -0.39 is 79.8 Å². The van der Waals surface area contributed by atoms with Crippen LogP contribution in [0.2, 0.25) is 5.02 Å². The van der Waals surface area contributed by atoms with Gasteiger partial charge in [0.1, 0.15) is 29.5 Å². The summed E-state index contributed by atoms with van der Waals surface area (Å²) in [5.74, 6) is -1.99. The molecule has 59 heavy (non-hydrogen) atoms. The van der Waals surface area contributed by atoms with Crippen molar-refractivity contribution >= 4 is 66.6 Å². The molecule has 4 aromatic rings. The van der Waals surface area contributed by atoms with Crippen LogP contribution in [0.1, 0.15) is 52.0 Å². The molecule has 3 fully saturated rings. The van der Waals surface area contributed by atoms with Crippen LogP contribution < -0.4 is 24.8 Å². The lowest BCUT2D eigenvalue weighted by molar-refractivity contribution is -0.141. The molecule has 3 amide bonds. The van der Waals surface area contributed by atoms with Gasteiger partial charge in [0.2, 0.25) is 27.7 Å². The third kappa shape index (κ3) is 8.71. The maximum Gasteiger partial charge on any atom is 0.416 e. The number of nitrogens with one attached hydrogen (secondary N) is 3. The van der Waals surface area contributed by atoms with Crippen LogP contribution in [0.4, 0.5) is 18.3 Å². The Morgan fingerprint density at radius 1 is 1.10 bits per heavy atom. The molecule has 0 bridgehead atoms. The van der Waals surface area contributed by atoms with E-state index >= 15 is 0 Å². The van der Waals surface area contributed by atoms with Crippen LogP contribution in [0.3, 0.4) is 0 Å². The number of rotatable bonds is 13. The second-order valence-electron chi connectivity index (χ2n) is 16.0. The van der Waals surface area contributed by atoms with Gasteiger partial charge in [-0.3, -0.25) is 19.1 Å². The average molecular weight is 875 g/mol. The molecular weight excluding hydrogens is 833 g/mol. The maximum absolute atomic E-state index is 14.8. The number of amides is 3. The van der Waals surface area contributed by atoms with Gasteiger partial charge in [0, 0.05) is 39.1 Å². The first-order valence-corrected chi connectivity index (χ1v) is 21.5. The summed E-state index contributed by atoms with van der Waals surface area (Å²) in [5, 5.41) is 8.89. The Bertz CT molecular complexity index is 2420. The average Bonchev–Trinajstić information content (AvgIpc) is 4.07. The largest absolute Gasteiger partial charge is 0.494 e. The van der Waals surface area contributed by atoms with E-state index in [0.29, 0.717) is 50.8 Å². The molecule has 314 valence electrons. The highest BCUT2D eigenvalue weighted by Gasteiger charge is 2.62. The number of likely N-dealkylation sites (tertiary alicyclic amines) is 1. The van der Waals surface area contributed by atoms with Gasteiger partial charge in [0.05, 0.1) is 36.4 Å². The predicted octanol–water partition coefficient (Wildman–Crippen LogP) is 6.58. The van der Waals surface area contributed by atoms with Crippen molar-refractivity contribution in [1.82, 2.24) is 24.9 Å². The number of nitrogens with zero attached hydrogens (tertiary/aromatic N) is 3. The van der Waals surface area contributed by atoms with Gasteiger partial charge in [0.25, 0.3) is 5.91 Å². The second kappa shape index (κ2) is 15.6. The Morgan fingerprint density at radius 3 is 2.42 bits per heavy atom. The zero-order chi connectivity index (χ0) is 42.7. The number of hydrogen-bond acceptors (Lipinski definition) is 11. The van der Waals surface area contributed by atoms with E-state index in [0.717, 1.165) is 23.5 Å². The molecule has 1 saturated heterocycles. The molecular formula is C40H42ClF3N6O7S2. The van der Waals surface area contributed by atoms with Crippen molar-refractivity contribution in [2.45, 2.75) is 81.6 Å². The van der Waals surface area contributed by atoms with Crippen LogP contribution in [0, 0.1) is 11.3 Å². The third-order valence-corrected chi connectivity index (χ3v) is 13.6. The first kappa shape index (κ1) is 42.2. The standard InChI is InChI=1S/C40H42ClF3N6O7S2/c1-6-22-17-39(22,36(53)49-59(54,55)26-12-13-26)48-33(51)30-16-25(57-34-28-15-24(41)11-14-27(28)31(56-5)18-45-34)19-50(30)35(52)32(38(2,3)4)47-37-46-29(20-58-37)21-7-9-23(10-8-21)40(42,43)44/h6-11,14-15,18,20,22,25-26,30,32H,1,12-13,16-17,19H2,2-5H3,(H,46,47)(H,48,51)(H,49,53)/t22-,25-,30+,32-,39-/m1/s1. The Labute approximate surface area is 347 Å². The lowest BCUT2D eigenvalue weighted by Crippen LogP contribution is -2.58. The molecule has 7 rings (SSSR count).